The van der Waals surface area contributed by atoms with E-state index in [0.717, 1.165) is 36.5 Å². The monoisotopic (exact) mass is 329 g/mol. The molecule has 0 spiro atoms. The van der Waals surface area contributed by atoms with E-state index in [-0.39, 0.29) is 11.2 Å². The molecule has 0 unspecified atom stereocenters. The third-order valence-corrected chi connectivity index (χ3v) is 5.42. The van der Waals surface area contributed by atoms with Crippen LogP contribution < -0.4 is 5.32 Å². The molecule has 7 heteroatoms. The van der Waals surface area contributed by atoms with Crippen molar-refractivity contribution in [3.05, 3.63) is 29.3 Å². The largest absolute Gasteiger partial charge is 0.325 e. The Hall–Kier alpha value is -1.89. The van der Waals surface area contributed by atoms with Crippen LogP contribution in [0.5, 0.6) is 0 Å². The van der Waals surface area contributed by atoms with Crippen molar-refractivity contribution in [1.82, 2.24) is 20.2 Å². The Kier molecular flexibility index (Phi) is 3.80. The number of amides is 1. The fourth-order valence-electron chi connectivity index (χ4n) is 2.92. The zero-order valence-electron chi connectivity index (χ0n) is 13.0. The second-order valence-electron chi connectivity index (χ2n) is 6.22. The number of rotatable bonds is 5. The van der Waals surface area contributed by atoms with Crippen LogP contribution in [-0.4, -0.2) is 31.4 Å². The van der Waals surface area contributed by atoms with Gasteiger partial charge in [-0.3, -0.25) is 4.79 Å². The van der Waals surface area contributed by atoms with E-state index < -0.39 is 0 Å². The van der Waals surface area contributed by atoms with Crippen LogP contribution in [-0.2, 0) is 17.6 Å². The normalized spacial score (nSPS) is 17.8. The summed E-state index contributed by atoms with van der Waals surface area (Å²) in [5.41, 5.74) is 3.65. The summed E-state index contributed by atoms with van der Waals surface area (Å²) in [6.45, 7) is 1.89. The first kappa shape index (κ1) is 14.7. The molecular formula is C16H19N5OS. The summed E-state index contributed by atoms with van der Waals surface area (Å²) in [6.07, 6.45) is 5.71. The highest BCUT2D eigenvalue weighted by molar-refractivity contribution is 8.00. The zero-order chi connectivity index (χ0) is 15.8. The maximum Gasteiger partial charge on any atom is 0.237 e. The molecule has 0 saturated heterocycles. The highest BCUT2D eigenvalue weighted by Crippen LogP contribution is 2.37. The first-order valence-electron chi connectivity index (χ1n) is 8.08. The second kappa shape index (κ2) is 5.96. The van der Waals surface area contributed by atoms with Crippen molar-refractivity contribution >= 4 is 23.4 Å². The van der Waals surface area contributed by atoms with Gasteiger partial charge in [0.1, 0.15) is 0 Å². The molecule has 2 aliphatic rings. The topological polar surface area (TPSA) is 72.7 Å². The van der Waals surface area contributed by atoms with Gasteiger partial charge in [-0.15, -0.1) is 5.10 Å². The molecule has 0 bridgehead atoms. The number of aryl methyl sites for hydroxylation is 2. The van der Waals surface area contributed by atoms with Gasteiger partial charge in [-0.05, 0) is 72.7 Å². The molecule has 1 heterocycles. The number of hydrogen-bond acceptors (Lipinski definition) is 5. The van der Waals surface area contributed by atoms with Crippen LogP contribution in [0.3, 0.4) is 0 Å². The van der Waals surface area contributed by atoms with Gasteiger partial charge in [-0.2, -0.15) is 0 Å². The van der Waals surface area contributed by atoms with Crippen molar-refractivity contribution in [2.45, 2.75) is 55.5 Å². The van der Waals surface area contributed by atoms with Gasteiger partial charge in [0, 0.05) is 5.69 Å². The molecule has 2 aromatic rings. The standard InChI is InChI=1S/C16H19N5OS/c1-10(23-16-18-19-20-21(16)14-7-8-14)15(22)17-13-6-5-11-3-2-4-12(11)9-13/h5-6,9-10,14H,2-4,7-8H2,1H3,(H,17,22)/t10-/m0/s1. The minimum atomic E-state index is -0.244. The summed E-state index contributed by atoms with van der Waals surface area (Å²) in [5.74, 6) is -0.0155. The summed E-state index contributed by atoms with van der Waals surface area (Å²) in [5, 5.41) is 15.3. The van der Waals surface area contributed by atoms with E-state index in [4.69, 9.17) is 0 Å². The molecule has 23 heavy (non-hydrogen) atoms. The number of aromatic nitrogens is 4. The number of nitrogens with zero attached hydrogens (tertiary/aromatic N) is 4. The van der Waals surface area contributed by atoms with Gasteiger partial charge in [0.25, 0.3) is 0 Å². The number of carbonyl (C=O) groups excluding carboxylic acids is 1. The Morgan fingerprint density at radius 3 is 3.00 bits per heavy atom. The molecule has 0 aliphatic heterocycles. The maximum atomic E-state index is 12.4. The minimum absolute atomic E-state index is 0.0155. The lowest BCUT2D eigenvalue weighted by molar-refractivity contribution is -0.115. The van der Waals surface area contributed by atoms with E-state index in [1.165, 1.54) is 29.3 Å². The highest BCUT2D eigenvalue weighted by atomic mass is 32.2. The molecule has 1 amide bonds. The van der Waals surface area contributed by atoms with Crippen molar-refractivity contribution in [3.63, 3.8) is 0 Å². The predicted molar refractivity (Wildman–Crippen MR) is 88.5 cm³/mol. The molecule has 1 N–H and O–H groups in total. The maximum absolute atomic E-state index is 12.4. The van der Waals surface area contributed by atoms with Crippen molar-refractivity contribution in [2.75, 3.05) is 5.32 Å². The second-order valence-corrected chi connectivity index (χ2v) is 7.53. The molecular weight excluding hydrogens is 310 g/mol. The van der Waals surface area contributed by atoms with E-state index >= 15 is 0 Å². The Morgan fingerprint density at radius 2 is 2.17 bits per heavy atom. The van der Waals surface area contributed by atoms with Crippen LogP contribution >= 0.6 is 11.8 Å². The first-order valence-corrected chi connectivity index (χ1v) is 8.96. The summed E-state index contributed by atoms with van der Waals surface area (Å²) >= 11 is 1.41. The quantitative estimate of drug-likeness (QED) is 0.854. The van der Waals surface area contributed by atoms with Crippen LogP contribution in [0.4, 0.5) is 5.69 Å². The molecule has 0 radical (unpaired) electrons. The molecule has 6 nitrogen and oxygen atoms in total. The van der Waals surface area contributed by atoms with Crippen LogP contribution in [0.2, 0.25) is 0 Å². The van der Waals surface area contributed by atoms with Crippen molar-refractivity contribution in [3.8, 4) is 0 Å². The van der Waals surface area contributed by atoms with Gasteiger partial charge < -0.3 is 5.32 Å². The van der Waals surface area contributed by atoms with Gasteiger partial charge >= 0.3 is 0 Å². The fourth-order valence-corrected chi connectivity index (χ4v) is 3.78. The molecule has 4 rings (SSSR count). The first-order chi connectivity index (χ1) is 11.2. The lowest BCUT2D eigenvalue weighted by atomic mass is 10.1. The third kappa shape index (κ3) is 3.10. The van der Waals surface area contributed by atoms with Crippen LogP contribution in [0.1, 0.15) is 43.4 Å². The van der Waals surface area contributed by atoms with E-state index in [2.05, 4.69) is 33.0 Å². The summed E-state index contributed by atoms with van der Waals surface area (Å²) in [7, 11) is 0. The number of carbonyl (C=O) groups is 1. The number of thioether (sulfide) groups is 1. The van der Waals surface area contributed by atoms with Crippen molar-refractivity contribution < 1.29 is 4.79 Å². The van der Waals surface area contributed by atoms with Gasteiger partial charge in [-0.25, -0.2) is 4.68 Å². The summed E-state index contributed by atoms with van der Waals surface area (Å²) in [4.78, 5) is 12.4. The SMILES string of the molecule is C[C@H](Sc1nnnn1C1CC1)C(=O)Nc1ccc2c(c1)CCC2. The molecule has 1 fully saturated rings. The molecule has 1 atom stereocenters. The van der Waals surface area contributed by atoms with Gasteiger partial charge in [0.2, 0.25) is 11.1 Å². The number of tetrazole rings is 1. The smallest absolute Gasteiger partial charge is 0.237 e. The lowest BCUT2D eigenvalue weighted by Crippen LogP contribution is -2.23. The van der Waals surface area contributed by atoms with E-state index in [0.29, 0.717) is 6.04 Å². The number of hydrogen-bond donors (Lipinski definition) is 1. The fraction of sp³-hybridized carbons (Fsp3) is 0.500. The molecule has 1 aromatic carbocycles. The summed E-state index contributed by atoms with van der Waals surface area (Å²) < 4.78 is 1.84. The average molecular weight is 329 g/mol. The molecule has 1 aromatic heterocycles. The van der Waals surface area contributed by atoms with Gasteiger partial charge in [-0.1, -0.05) is 17.8 Å². The molecule has 1 saturated carbocycles. The number of anilines is 1. The lowest BCUT2D eigenvalue weighted by Gasteiger charge is -2.12. The van der Waals surface area contributed by atoms with Crippen LogP contribution in [0.15, 0.2) is 23.4 Å². The summed E-state index contributed by atoms with van der Waals surface area (Å²) in [6, 6.07) is 6.64. The number of fused-ring (bicyclic) bond motifs is 1. The van der Waals surface area contributed by atoms with E-state index in [1.807, 2.05) is 17.7 Å². The Balaban J connectivity index is 1.41. The Bertz CT molecular complexity index is 740. The van der Waals surface area contributed by atoms with Crippen LogP contribution in [0, 0.1) is 0 Å². The number of nitrogens with one attached hydrogen (secondary N) is 1. The zero-order valence-corrected chi connectivity index (χ0v) is 13.8. The van der Waals surface area contributed by atoms with E-state index in [9.17, 15) is 4.79 Å². The predicted octanol–water partition coefficient (Wildman–Crippen LogP) is 2.62. The van der Waals surface area contributed by atoms with Crippen molar-refractivity contribution in [2.24, 2.45) is 0 Å². The van der Waals surface area contributed by atoms with E-state index in [1.54, 1.807) is 0 Å². The molecule has 120 valence electrons. The van der Waals surface area contributed by atoms with Gasteiger partial charge in [0.05, 0.1) is 11.3 Å². The average Bonchev–Trinajstić information content (AvgIpc) is 3.10. The van der Waals surface area contributed by atoms with Gasteiger partial charge in [0.15, 0.2) is 0 Å². The highest BCUT2D eigenvalue weighted by Gasteiger charge is 2.29. The Morgan fingerprint density at radius 1 is 1.35 bits per heavy atom. The Labute approximate surface area is 139 Å². The van der Waals surface area contributed by atoms with Crippen molar-refractivity contribution in [1.29, 1.82) is 0 Å². The third-order valence-electron chi connectivity index (χ3n) is 4.37. The van der Waals surface area contributed by atoms with Crippen LogP contribution in [0.25, 0.3) is 0 Å². The number of benzene rings is 1. The minimum Gasteiger partial charge on any atom is -0.325 e. The molecule has 2 aliphatic carbocycles.